The van der Waals surface area contributed by atoms with Crippen molar-refractivity contribution in [3.63, 3.8) is 0 Å². The van der Waals surface area contributed by atoms with E-state index < -0.39 is 0 Å². The summed E-state index contributed by atoms with van der Waals surface area (Å²) in [6, 6.07) is 10.3. The first kappa shape index (κ1) is 22.5. The Morgan fingerprint density at radius 1 is 1.14 bits per heavy atom. The standard InChI is InChI=1S/C21H26N4O.2ClH/c1-15-6-8-25(9-7-15)20-5-4-18(14-23-20)21(26)24-11-16-2-3-17-12-22-13-19(17)10-16;;/h2-5,10,14-15,22H,6-9,11-13H2,1H3,(H,24,26);2*1H. The Balaban J connectivity index is 0.00000140. The lowest BCUT2D eigenvalue weighted by Crippen LogP contribution is -2.33. The van der Waals surface area contributed by atoms with E-state index in [1.165, 1.54) is 24.0 Å². The summed E-state index contributed by atoms with van der Waals surface area (Å²) in [6.07, 6.45) is 4.11. The molecule has 1 fully saturated rings. The lowest BCUT2D eigenvalue weighted by atomic mass is 9.99. The van der Waals surface area contributed by atoms with E-state index in [-0.39, 0.29) is 30.7 Å². The smallest absolute Gasteiger partial charge is 0.253 e. The number of carbonyl (C=O) groups excluding carboxylic acids is 1. The molecule has 1 aromatic carbocycles. The summed E-state index contributed by atoms with van der Waals surface area (Å²) >= 11 is 0. The van der Waals surface area contributed by atoms with Crippen LogP contribution in [-0.4, -0.2) is 24.0 Å². The first-order valence-corrected chi connectivity index (χ1v) is 9.49. The second-order valence-electron chi connectivity index (χ2n) is 7.46. The number of hydrogen-bond donors (Lipinski definition) is 2. The molecule has 0 saturated carbocycles. The largest absolute Gasteiger partial charge is 0.357 e. The van der Waals surface area contributed by atoms with E-state index in [9.17, 15) is 4.79 Å². The van der Waals surface area contributed by atoms with Crippen LogP contribution in [0, 0.1) is 5.92 Å². The fourth-order valence-corrected chi connectivity index (χ4v) is 3.69. The number of hydrogen-bond acceptors (Lipinski definition) is 4. The molecule has 0 atom stereocenters. The van der Waals surface area contributed by atoms with Crippen LogP contribution in [0.3, 0.4) is 0 Å². The second-order valence-corrected chi connectivity index (χ2v) is 7.46. The number of carbonyl (C=O) groups is 1. The average Bonchev–Trinajstić information content (AvgIpc) is 3.15. The molecule has 152 valence electrons. The molecule has 1 aromatic heterocycles. The third-order valence-corrected chi connectivity index (χ3v) is 5.47. The summed E-state index contributed by atoms with van der Waals surface area (Å²) in [4.78, 5) is 19.2. The van der Waals surface area contributed by atoms with Gasteiger partial charge in [0.25, 0.3) is 5.91 Å². The molecule has 0 radical (unpaired) electrons. The molecule has 5 nitrogen and oxygen atoms in total. The molecule has 7 heteroatoms. The van der Waals surface area contributed by atoms with Crippen molar-refractivity contribution in [3.8, 4) is 0 Å². The van der Waals surface area contributed by atoms with E-state index in [4.69, 9.17) is 0 Å². The zero-order chi connectivity index (χ0) is 17.9. The fraction of sp³-hybridized carbons (Fsp3) is 0.429. The molecule has 0 bridgehead atoms. The summed E-state index contributed by atoms with van der Waals surface area (Å²) in [5.41, 5.74) is 4.43. The maximum absolute atomic E-state index is 12.4. The number of piperidine rings is 1. The lowest BCUT2D eigenvalue weighted by molar-refractivity contribution is 0.0950. The summed E-state index contributed by atoms with van der Waals surface area (Å²) in [7, 11) is 0. The number of aromatic nitrogens is 1. The number of nitrogens with one attached hydrogen (secondary N) is 2. The number of anilines is 1. The monoisotopic (exact) mass is 422 g/mol. The number of benzene rings is 1. The Bertz CT molecular complexity index is 789. The molecule has 0 aliphatic carbocycles. The molecule has 0 spiro atoms. The molecule has 28 heavy (non-hydrogen) atoms. The van der Waals surface area contributed by atoms with Gasteiger partial charge in [0, 0.05) is 38.9 Å². The summed E-state index contributed by atoms with van der Waals surface area (Å²) in [6.45, 7) is 6.79. The van der Waals surface area contributed by atoms with Crippen LogP contribution in [0.2, 0.25) is 0 Å². The zero-order valence-electron chi connectivity index (χ0n) is 16.1. The van der Waals surface area contributed by atoms with Crippen LogP contribution in [0.5, 0.6) is 0 Å². The molecule has 1 saturated heterocycles. The highest BCUT2D eigenvalue weighted by Gasteiger charge is 2.17. The van der Waals surface area contributed by atoms with Crippen molar-refractivity contribution in [1.82, 2.24) is 15.6 Å². The minimum atomic E-state index is -0.0741. The summed E-state index contributed by atoms with van der Waals surface area (Å²) in [5.74, 6) is 1.70. The quantitative estimate of drug-likeness (QED) is 0.788. The van der Waals surface area contributed by atoms with Gasteiger partial charge in [-0.1, -0.05) is 25.1 Å². The van der Waals surface area contributed by atoms with Crippen LogP contribution < -0.4 is 15.5 Å². The van der Waals surface area contributed by atoms with Gasteiger partial charge in [-0.2, -0.15) is 0 Å². The van der Waals surface area contributed by atoms with Gasteiger partial charge in [0.05, 0.1) is 5.56 Å². The fourth-order valence-electron chi connectivity index (χ4n) is 3.69. The Labute approximate surface area is 179 Å². The molecule has 2 aliphatic heterocycles. The molecule has 2 aromatic rings. The Hall–Kier alpha value is -1.82. The van der Waals surface area contributed by atoms with Gasteiger partial charge >= 0.3 is 0 Å². The van der Waals surface area contributed by atoms with Crippen molar-refractivity contribution >= 4 is 36.5 Å². The average molecular weight is 423 g/mol. The van der Waals surface area contributed by atoms with Crippen molar-refractivity contribution in [2.24, 2.45) is 5.92 Å². The summed E-state index contributed by atoms with van der Waals surface area (Å²) in [5, 5.41) is 6.34. The van der Waals surface area contributed by atoms with Gasteiger partial charge in [-0.15, -0.1) is 24.8 Å². The summed E-state index contributed by atoms with van der Waals surface area (Å²) < 4.78 is 0. The third kappa shape index (κ3) is 5.16. The molecule has 0 unspecified atom stereocenters. The first-order chi connectivity index (χ1) is 12.7. The van der Waals surface area contributed by atoms with Gasteiger partial charge in [0.2, 0.25) is 0 Å². The highest BCUT2D eigenvalue weighted by Crippen LogP contribution is 2.21. The van der Waals surface area contributed by atoms with E-state index in [0.29, 0.717) is 12.1 Å². The van der Waals surface area contributed by atoms with E-state index in [1.54, 1.807) is 6.20 Å². The van der Waals surface area contributed by atoms with E-state index in [1.807, 2.05) is 12.1 Å². The lowest BCUT2D eigenvalue weighted by Gasteiger charge is -2.31. The Kier molecular flexibility index (Phi) is 8.10. The number of nitrogens with zero attached hydrogens (tertiary/aromatic N) is 2. The van der Waals surface area contributed by atoms with Gasteiger partial charge in [-0.05, 0) is 47.6 Å². The van der Waals surface area contributed by atoms with E-state index in [2.05, 4.69) is 45.6 Å². The molecule has 2 N–H and O–H groups in total. The SMILES string of the molecule is CC1CCN(c2ccc(C(=O)NCc3ccc4c(c3)CNC4)cn2)CC1.Cl.Cl. The number of amides is 1. The Morgan fingerprint density at radius 3 is 2.61 bits per heavy atom. The third-order valence-electron chi connectivity index (χ3n) is 5.47. The van der Waals surface area contributed by atoms with Crippen molar-refractivity contribution in [3.05, 3.63) is 58.8 Å². The van der Waals surface area contributed by atoms with Crippen LogP contribution in [-0.2, 0) is 19.6 Å². The van der Waals surface area contributed by atoms with Crippen LogP contribution in [0.4, 0.5) is 5.82 Å². The number of halogens is 2. The Morgan fingerprint density at radius 2 is 1.89 bits per heavy atom. The highest BCUT2D eigenvalue weighted by molar-refractivity contribution is 5.94. The topological polar surface area (TPSA) is 57.3 Å². The van der Waals surface area contributed by atoms with Crippen molar-refractivity contribution in [2.45, 2.75) is 39.4 Å². The van der Waals surface area contributed by atoms with Crippen molar-refractivity contribution < 1.29 is 4.79 Å². The minimum absolute atomic E-state index is 0. The molecular formula is C21H28Cl2N4O. The molecule has 3 heterocycles. The molecule has 4 rings (SSSR count). The number of fused-ring (bicyclic) bond motifs is 1. The maximum atomic E-state index is 12.4. The van der Waals surface area contributed by atoms with Crippen LogP contribution in [0.1, 0.15) is 46.8 Å². The van der Waals surface area contributed by atoms with Crippen molar-refractivity contribution in [2.75, 3.05) is 18.0 Å². The van der Waals surface area contributed by atoms with Gasteiger partial charge in [0.15, 0.2) is 0 Å². The van der Waals surface area contributed by atoms with Gasteiger partial charge in [-0.25, -0.2) is 4.98 Å². The van der Waals surface area contributed by atoms with Gasteiger partial charge in [-0.3, -0.25) is 4.79 Å². The predicted octanol–water partition coefficient (Wildman–Crippen LogP) is 3.69. The minimum Gasteiger partial charge on any atom is -0.357 e. The normalized spacial score (nSPS) is 16.0. The molecule has 1 amide bonds. The van der Waals surface area contributed by atoms with Gasteiger partial charge < -0.3 is 15.5 Å². The van der Waals surface area contributed by atoms with Crippen LogP contribution in [0.15, 0.2) is 36.5 Å². The zero-order valence-corrected chi connectivity index (χ0v) is 17.7. The second kappa shape index (κ2) is 10.1. The molecular weight excluding hydrogens is 395 g/mol. The molecule has 2 aliphatic rings. The van der Waals surface area contributed by atoms with E-state index >= 15 is 0 Å². The van der Waals surface area contributed by atoms with Crippen LogP contribution in [0.25, 0.3) is 0 Å². The highest BCUT2D eigenvalue weighted by atomic mass is 35.5. The first-order valence-electron chi connectivity index (χ1n) is 9.49. The van der Waals surface area contributed by atoms with Gasteiger partial charge in [0.1, 0.15) is 5.82 Å². The maximum Gasteiger partial charge on any atom is 0.253 e. The predicted molar refractivity (Wildman–Crippen MR) is 117 cm³/mol. The number of rotatable bonds is 4. The van der Waals surface area contributed by atoms with Crippen LogP contribution >= 0.6 is 24.8 Å². The van der Waals surface area contributed by atoms with E-state index in [0.717, 1.165) is 43.5 Å². The number of pyridine rings is 1. The van der Waals surface area contributed by atoms with Crippen molar-refractivity contribution in [1.29, 1.82) is 0 Å².